The average Bonchev–Trinajstić information content (AvgIpc) is 3.10. The van der Waals surface area contributed by atoms with Gasteiger partial charge in [0.15, 0.2) is 10.0 Å². The highest BCUT2D eigenvalue weighted by Gasteiger charge is 2.37. The van der Waals surface area contributed by atoms with E-state index in [9.17, 15) is 22.8 Å². The monoisotopic (exact) mass is 403 g/mol. The van der Waals surface area contributed by atoms with Gasteiger partial charge in [-0.1, -0.05) is 0 Å². The van der Waals surface area contributed by atoms with Crippen LogP contribution in [0.2, 0.25) is 0 Å². The van der Waals surface area contributed by atoms with Gasteiger partial charge in [0, 0.05) is 24.4 Å². The molecule has 0 bridgehead atoms. The molecule has 0 atom stereocenters. The largest absolute Gasteiger partial charge is 0.449 e. The Morgan fingerprint density at radius 3 is 2.54 bits per heavy atom. The van der Waals surface area contributed by atoms with Gasteiger partial charge in [-0.3, -0.25) is 9.59 Å². The summed E-state index contributed by atoms with van der Waals surface area (Å²) in [5.74, 6) is -1.12. The SMILES string of the molecule is O=C(CCCCC(=O)C(F)(F)F)Nc1nc(-c2nccs2)sc1C1CC1. The second-order valence-corrected chi connectivity index (χ2v) is 7.94. The fourth-order valence-corrected chi connectivity index (χ4v) is 4.24. The topological polar surface area (TPSA) is 72.0 Å². The van der Waals surface area contributed by atoms with Crippen LogP contribution in [0.4, 0.5) is 19.0 Å². The van der Waals surface area contributed by atoms with Gasteiger partial charge in [-0.05, 0) is 31.6 Å². The van der Waals surface area contributed by atoms with E-state index in [1.165, 1.54) is 22.7 Å². The first-order valence-corrected chi connectivity index (χ1v) is 9.84. The first kappa shape index (κ1) is 19.0. The number of amides is 1. The Bertz CT molecular complexity index is 783. The van der Waals surface area contributed by atoms with Gasteiger partial charge >= 0.3 is 6.18 Å². The van der Waals surface area contributed by atoms with Gasteiger partial charge in [0.2, 0.25) is 11.7 Å². The summed E-state index contributed by atoms with van der Waals surface area (Å²) in [7, 11) is 0. The van der Waals surface area contributed by atoms with E-state index in [4.69, 9.17) is 0 Å². The van der Waals surface area contributed by atoms with Crippen molar-refractivity contribution < 1.29 is 22.8 Å². The van der Waals surface area contributed by atoms with Crippen LogP contribution in [-0.4, -0.2) is 27.8 Å². The second kappa shape index (κ2) is 7.83. The van der Waals surface area contributed by atoms with Crippen LogP contribution in [0.25, 0.3) is 10.0 Å². The summed E-state index contributed by atoms with van der Waals surface area (Å²) in [6.07, 6.45) is -1.27. The van der Waals surface area contributed by atoms with E-state index < -0.39 is 18.4 Å². The maximum Gasteiger partial charge on any atom is 0.449 e. The molecule has 2 aromatic heterocycles. The highest BCUT2D eigenvalue weighted by Crippen LogP contribution is 2.48. The molecule has 2 heterocycles. The van der Waals surface area contributed by atoms with Gasteiger partial charge in [-0.25, -0.2) is 9.97 Å². The summed E-state index contributed by atoms with van der Waals surface area (Å²) in [4.78, 5) is 32.6. The molecule has 0 aromatic carbocycles. The van der Waals surface area contributed by atoms with E-state index in [-0.39, 0.29) is 25.2 Å². The van der Waals surface area contributed by atoms with Crippen LogP contribution in [0.15, 0.2) is 11.6 Å². The van der Waals surface area contributed by atoms with Gasteiger partial charge in [0.05, 0.1) is 4.88 Å². The van der Waals surface area contributed by atoms with Crippen molar-refractivity contribution in [1.29, 1.82) is 0 Å². The van der Waals surface area contributed by atoms with Crippen molar-refractivity contribution in [2.45, 2.75) is 50.6 Å². The van der Waals surface area contributed by atoms with E-state index >= 15 is 0 Å². The number of aromatic nitrogens is 2. The lowest BCUT2D eigenvalue weighted by Gasteiger charge is -2.06. The smallest absolute Gasteiger partial charge is 0.310 e. The maximum atomic E-state index is 12.1. The number of rotatable bonds is 8. The molecule has 1 aliphatic carbocycles. The third kappa shape index (κ3) is 4.88. The summed E-state index contributed by atoms with van der Waals surface area (Å²) < 4.78 is 36.4. The van der Waals surface area contributed by atoms with Crippen LogP contribution in [0, 0.1) is 0 Å². The molecule has 0 unspecified atom stereocenters. The number of anilines is 1. The third-order valence-corrected chi connectivity index (χ3v) is 5.98. The zero-order valence-corrected chi connectivity index (χ0v) is 15.3. The van der Waals surface area contributed by atoms with Crippen molar-refractivity contribution in [2.24, 2.45) is 0 Å². The number of halogens is 3. The fourth-order valence-electron chi connectivity index (χ4n) is 2.37. The lowest BCUT2D eigenvalue weighted by atomic mass is 10.1. The quantitative estimate of drug-likeness (QED) is 0.644. The number of alkyl halides is 3. The molecule has 5 nitrogen and oxygen atoms in total. The highest BCUT2D eigenvalue weighted by molar-refractivity contribution is 7.21. The van der Waals surface area contributed by atoms with E-state index in [1.807, 2.05) is 5.38 Å². The first-order chi connectivity index (χ1) is 12.3. The Hall–Kier alpha value is -1.81. The number of unbranched alkanes of at least 4 members (excludes halogenated alkanes) is 1. The van der Waals surface area contributed by atoms with Crippen molar-refractivity contribution in [1.82, 2.24) is 9.97 Å². The Labute approximate surface area is 155 Å². The minimum Gasteiger partial charge on any atom is -0.310 e. The van der Waals surface area contributed by atoms with Crippen molar-refractivity contribution in [3.8, 4) is 10.0 Å². The van der Waals surface area contributed by atoms with E-state index in [0.29, 0.717) is 11.7 Å². The van der Waals surface area contributed by atoms with E-state index in [0.717, 1.165) is 27.7 Å². The van der Waals surface area contributed by atoms with Crippen LogP contribution < -0.4 is 5.32 Å². The molecule has 2 aromatic rings. The Morgan fingerprint density at radius 2 is 1.92 bits per heavy atom. The molecule has 3 rings (SSSR count). The maximum absolute atomic E-state index is 12.1. The number of nitrogens with zero attached hydrogens (tertiary/aromatic N) is 2. The molecule has 0 radical (unpaired) electrons. The predicted molar refractivity (Wildman–Crippen MR) is 93.4 cm³/mol. The number of ketones is 1. The van der Waals surface area contributed by atoms with Gasteiger partial charge in [-0.2, -0.15) is 13.2 Å². The van der Waals surface area contributed by atoms with Gasteiger partial charge in [0.25, 0.3) is 0 Å². The molecule has 140 valence electrons. The number of hydrogen-bond acceptors (Lipinski definition) is 6. The number of carbonyl (C=O) groups is 2. The zero-order chi connectivity index (χ0) is 18.7. The minimum absolute atomic E-state index is 0.0304. The number of carbonyl (C=O) groups excluding carboxylic acids is 2. The van der Waals surface area contributed by atoms with Crippen LogP contribution in [0.5, 0.6) is 0 Å². The average molecular weight is 403 g/mol. The molecule has 1 saturated carbocycles. The lowest BCUT2D eigenvalue weighted by molar-refractivity contribution is -0.171. The summed E-state index contributed by atoms with van der Waals surface area (Å²) in [5, 5.41) is 6.17. The van der Waals surface area contributed by atoms with Gasteiger partial charge in [0.1, 0.15) is 5.82 Å². The zero-order valence-electron chi connectivity index (χ0n) is 13.6. The predicted octanol–water partition coefficient (Wildman–Crippen LogP) is 4.77. The molecule has 0 spiro atoms. The van der Waals surface area contributed by atoms with Crippen LogP contribution >= 0.6 is 22.7 Å². The van der Waals surface area contributed by atoms with E-state index in [2.05, 4.69) is 15.3 Å². The number of thiazole rings is 2. The molecular formula is C16H16F3N3O2S2. The Balaban J connectivity index is 1.53. The molecule has 10 heteroatoms. The molecule has 26 heavy (non-hydrogen) atoms. The van der Waals surface area contributed by atoms with E-state index in [1.54, 1.807) is 6.20 Å². The summed E-state index contributed by atoms with van der Waals surface area (Å²) in [6.45, 7) is 0. The van der Waals surface area contributed by atoms with Crippen molar-refractivity contribution >= 4 is 40.2 Å². The number of Topliss-reactive ketones (excluding diaryl/α,β-unsaturated/α-hetero) is 1. The first-order valence-electron chi connectivity index (χ1n) is 8.15. The van der Waals surface area contributed by atoms with Gasteiger partial charge in [-0.15, -0.1) is 22.7 Å². The Morgan fingerprint density at radius 1 is 1.19 bits per heavy atom. The number of hydrogen-bond donors (Lipinski definition) is 1. The lowest BCUT2D eigenvalue weighted by Crippen LogP contribution is -2.22. The van der Waals surface area contributed by atoms with Crippen molar-refractivity contribution in [2.75, 3.05) is 5.32 Å². The van der Waals surface area contributed by atoms with Crippen LogP contribution in [0.1, 0.15) is 49.3 Å². The standard InChI is InChI=1S/C16H16F3N3O2S2/c17-16(18,19)10(23)3-1-2-4-11(24)21-13-12(9-5-6-9)26-15(22-13)14-20-7-8-25-14/h7-9H,1-6H2,(H,21,24). The normalized spacial score (nSPS) is 14.4. The van der Waals surface area contributed by atoms with Crippen molar-refractivity contribution in [3.05, 3.63) is 16.5 Å². The molecule has 1 amide bonds. The van der Waals surface area contributed by atoms with Gasteiger partial charge < -0.3 is 5.32 Å². The summed E-state index contributed by atoms with van der Waals surface area (Å²) >= 11 is 2.99. The highest BCUT2D eigenvalue weighted by atomic mass is 32.1. The molecule has 0 aliphatic heterocycles. The second-order valence-electron chi connectivity index (χ2n) is 6.02. The molecule has 1 aliphatic rings. The number of nitrogens with one attached hydrogen (secondary N) is 1. The summed E-state index contributed by atoms with van der Waals surface area (Å²) in [6, 6.07) is 0. The van der Waals surface area contributed by atoms with Crippen LogP contribution in [0.3, 0.4) is 0 Å². The van der Waals surface area contributed by atoms with Crippen molar-refractivity contribution in [3.63, 3.8) is 0 Å². The third-order valence-electron chi connectivity index (χ3n) is 3.85. The molecule has 0 saturated heterocycles. The molecule has 1 fully saturated rings. The molecular weight excluding hydrogens is 387 g/mol. The van der Waals surface area contributed by atoms with Crippen LogP contribution in [-0.2, 0) is 9.59 Å². The summed E-state index contributed by atoms with van der Waals surface area (Å²) in [5.41, 5.74) is 0. The fraction of sp³-hybridized carbons (Fsp3) is 0.500. The Kier molecular flexibility index (Phi) is 5.71. The minimum atomic E-state index is -4.80. The molecule has 1 N–H and O–H groups in total.